The summed E-state index contributed by atoms with van der Waals surface area (Å²) in [5.41, 5.74) is 5.85. The topological polar surface area (TPSA) is 73.0 Å². The predicted molar refractivity (Wildman–Crippen MR) is 99.2 cm³/mol. The maximum absolute atomic E-state index is 10.9. The van der Waals surface area contributed by atoms with Gasteiger partial charge in [-0.25, -0.2) is 4.68 Å². The summed E-state index contributed by atoms with van der Waals surface area (Å²) in [5, 5.41) is 19.1. The fourth-order valence-electron chi connectivity index (χ4n) is 3.54. The molecule has 1 aliphatic carbocycles. The van der Waals surface area contributed by atoms with E-state index >= 15 is 0 Å². The molecule has 2 aromatic carbocycles. The van der Waals surface area contributed by atoms with E-state index in [1.54, 1.807) is 12.1 Å². The average Bonchev–Trinajstić information content (AvgIpc) is 3.26. The first-order chi connectivity index (χ1) is 12.7. The largest absolute Gasteiger partial charge is 0.307 e. The number of non-ortho nitro benzene ring substituents is 1. The van der Waals surface area contributed by atoms with Crippen LogP contribution in [0.25, 0.3) is 5.69 Å². The van der Waals surface area contributed by atoms with Crippen molar-refractivity contribution in [2.45, 2.75) is 32.4 Å². The van der Waals surface area contributed by atoms with Crippen LogP contribution in [-0.4, -0.2) is 14.7 Å². The monoisotopic (exact) mass is 348 g/mol. The standard InChI is InChI=1S/C20H20N4O2/c25-24(26)17-9-4-6-15(12-17)13-21-14-19-18-10-5-11-20(18)23(22-19)16-7-2-1-3-8-16/h1-4,6-9,12,21H,5,10-11,13-14H2. The van der Waals surface area contributed by atoms with Crippen molar-refractivity contribution >= 4 is 5.69 Å². The van der Waals surface area contributed by atoms with Crippen molar-refractivity contribution in [3.63, 3.8) is 0 Å². The van der Waals surface area contributed by atoms with Crippen molar-refractivity contribution < 1.29 is 4.92 Å². The highest BCUT2D eigenvalue weighted by Gasteiger charge is 2.22. The molecular weight excluding hydrogens is 328 g/mol. The van der Waals surface area contributed by atoms with Crippen molar-refractivity contribution in [1.29, 1.82) is 0 Å². The maximum atomic E-state index is 10.9. The zero-order valence-corrected chi connectivity index (χ0v) is 14.4. The Kier molecular flexibility index (Phi) is 4.50. The van der Waals surface area contributed by atoms with Crippen molar-refractivity contribution in [2.24, 2.45) is 0 Å². The van der Waals surface area contributed by atoms with Crippen molar-refractivity contribution in [3.05, 3.63) is 87.2 Å². The third-order valence-electron chi connectivity index (χ3n) is 4.76. The first kappa shape index (κ1) is 16.5. The smallest absolute Gasteiger partial charge is 0.269 e. The highest BCUT2D eigenvalue weighted by atomic mass is 16.6. The molecule has 0 amide bonds. The second-order valence-corrected chi connectivity index (χ2v) is 6.50. The van der Waals surface area contributed by atoms with Gasteiger partial charge in [0.25, 0.3) is 5.69 Å². The molecule has 1 heterocycles. The molecule has 0 spiro atoms. The molecule has 132 valence electrons. The van der Waals surface area contributed by atoms with Crippen LogP contribution < -0.4 is 5.32 Å². The maximum Gasteiger partial charge on any atom is 0.269 e. The van der Waals surface area contributed by atoms with Gasteiger partial charge >= 0.3 is 0 Å². The summed E-state index contributed by atoms with van der Waals surface area (Å²) >= 11 is 0. The lowest BCUT2D eigenvalue weighted by Crippen LogP contribution is -2.14. The van der Waals surface area contributed by atoms with Crippen LogP contribution in [0.1, 0.15) is 28.9 Å². The summed E-state index contributed by atoms with van der Waals surface area (Å²) in [4.78, 5) is 10.5. The number of aromatic nitrogens is 2. The summed E-state index contributed by atoms with van der Waals surface area (Å²) in [6.45, 7) is 1.24. The van der Waals surface area contributed by atoms with Crippen LogP contribution in [0.2, 0.25) is 0 Å². The van der Waals surface area contributed by atoms with Crippen LogP contribution in [0.4, 0.5) is 5.69 Å². The number of para-hydroxylation sites is 1. The lowest BCUT2D eigenvalue weighted by atomic mass is 10.2. The quantitative estimate of drug-likeness (QED) is 0.546. The fourth-order valence-corrected chi connectivity index (χ4v) is 3.54. The fraction of sp³-hybridized carbons (Fsp3) is 0.250. The Labute approximate surface area is 151 Å². The van der Waals surface area contributed by atoms with Gasteiger partial charge in [-0.2, -0.15) is 5.10 Å². The molecule has 0 bridgehead atoms. The van der Waals surface area contributed by atoms with Crippen molar-refractivity contribution in [1.82, 2.24) is 15.1 Å². The lowest BCUT2D eigenvalue weighted by molar-refractivity contribution is -0.384. The second-order valence-electron chi connectivity index (χ2n) is 6.50. The molecule has 4 rings (SSSR count). The van der Waals surface area contributed by atoms with E-state index in [1.807, 2.05) is 24.3 Å². The van der Waals surface area contributed by atoms with Gasteiger partial charge in [-0.3, -0.25) is 10.1 Å². The molecule has 0 aliphatic heterocycles. The SMILES string of the molecule is O=[N+]([O-])c1cccc(CNCc2nn(-c3ccccc3)c3c2CCC3)c1. The molecule has 0 saturated heterocycles. The molecule has 6 nitrogen and oxygen atoms in total. The minimum Gasteiger partial charge on any atom is -0.307 e. The number of benzene rings is 2. The van der Waals surface area contributed by atoms with Crippen molar-refractivity contribution in [2.75, 3.05) is 0 Å². The van der Waals surface area contributed by atoms with E-state index in [0.717, 1.165) is 36.2 Å². The number of nitro benzene ring substituents is 1. The third kappa shape index (κ3) is 3.23. The first-order valence-corrected chi connectivity index (χ1v) is 8.81. The summed E-state index contributed by atoms with van der Waals surface area (Å²) in [5.74, 6) is 0. The molecule has 26 heavy (non-hydrogen) atoms. The molecule has 1 aliphatic rings. The Hall–Kier alpha value is -2.99. The molecule has 1 N–H and O–H groups in total. The minimum absolute atomic E-state index is 0.124. The highest BCUT2D eigenvalue weighted by molar-refractivity contribution is 5.40. The molecule has 0 saturated carbocycles. The molecule has 0 radical (unpaired) electrons. The predicted octanol–water partition coefficient (Wildman–Crippen LogP) is 3.56. The number of rotatable bonds is 6. The Morgan fingerprint density at radius 1 is 1.08 bits per heavy atom. The third-order valence-corrected chi connectivity index (χ3v) is 4.76. The van der Waals surface area contributed by atoms with E-state index in [0.29, 0.717) is 13.1 Å². The van der Waals surface area contributed by atoms with E-state index in [-0.39, 0.29) is 10.6 Å². The van der Waals surface area contributed by atoms with Gasteiger partial charge in [0.1, 0.15) is 0 Å². The molecule has 6 heteroatoms. The average molecular weight is 348 g/mol. The molecule has 0 unspecified atom stereocenters. The molecular formula is C20H20N4O2. The number of nitrogens with zero attached hydrogens (tertiary/aromatic N) is 3. The molecule has 0 atom stereocenters. The van der Waals surface area contributed by atoms with Crippen molar-refractivity contribution in [3.8, 4) is 5.69 Å². The van der Waals surface area contributed by atoms with E-state index in [4.69, 9.17) is 5.10 Å². The number of nitro groups is 1. The van der Waals surface area contributed by atoms with Gasteiger partial charge in [0, 0.05) is 30.9 Å². The Morgan fingerprint density at radius 3 is 2.73 bits per heavy atom. The van der Waals surface area contributed by atoms with Gasteiger partial charge in [-0.15, -0.1) is 0 Å². The van der Waals surface area contributed by atoms with Crippen LogP contribution in [0.3, 0.4) is 0 Å². The van der Waals surface area contributed by atoms with Crippen LogP contribution in [0.5, 0.6) is 0 Å². The van der Waals surface area contributed by atoms with E-state index in [9.17, 15) is 10.1 Å². The Morgan fingerprint density at radius 2 is 1.92 bits per heavy atom. The summed E-state index contributed by atoms with van der Waals surface area (Å²) in [7, 11) is 0. The Bertz CT molecular complexity index is 934. The number of hydrogen-bond donors (Lipinski definition) is 1. The van der Waals surface area contributed by atoms with E-state index in [1.165, 1.54) is 17.3 Å². The van der Waals surface area contributed by atoms with Gasteiger partial charge in [-0.05, 0) is 42.5 Å². The lowest BCUT2D eigenvalue weighted by Gasteiger charge is -2.05. The number of nitrogens with one attached hydrogen (secondary N) is 1. The van der Waals surface area contributed by atoms with Gasteiger partial charge < -0.3 is 5.32 Å². The van der Waals surface area contributed by atoms with E-state index < -0.39 is 0 Å². The van der Waals surface area contributed by atoms with Gasteiger partial charge in [-0.1, -0.05) is 30.3 Å². The zero-order chi connectivity index (χ0) is 17.9. The zero-order valence-electron chi connectivity index (χ0n) is 14.4. The molecule has 3 aromatic rings. The molecule has 1 aromatic heterocycles. The van der Waals surface area contributed by atoms with Gasteiger partial charge in [0.05, 0.1) is 16.3 Å². The highest BCUT2D eigenvalue weighted by Crippen LogP contribution is 2.27. The first-order valence-electron chi connectivity index (χ1n) is 8.81. The van der Waals surface area contributed by atoms with Crippen LogP contribution in [0, 0.1) is 10.1 Å². The summed E-state index contributed by atoms with van der Waals surface area (Å²) in [6, 6.07) is 17.0. The van der Waals surface area contributed by atoms with Gasteiger partial charge in [0.2, 0.25) is 0 Å². The Balaban J connectivity index is 1.49. The van der Waals surface area contributed by atoms with Crippen LogP contribution >= 0.6 is 0 Å². The summed E-state index contributed by atoms with van der Waals surface area (Å²) in [6.07, 6.45) is 3.29. The number of hydrogen-bond acceptors (Lipinski definition) is 4. The van der Waals surface area contributed by atoms with E-state index in [2.05, 4.69) is 22.1 Å². The van der Waals surface area contributed by atoms with Gasteiger partial charge in [0.15, 0.2) is 0 Å². The second kappa shape index (κ2) is 7.09. The van der Waals surface area contributed by atoms with Crippen LogP contribution in [0.15, 0.2) is 54.6 Å². The van der Waals surface area contributed by atoms with Crippen LogP contribution in [-0.2, 0) is 25.9 Å². The normalized spacial score (nSPS) is 12.9. The minimum atomic E-state index is -0.363. The molecule has 0 fully saturated rings. The summed E-state index contributed by atoms with van der Waals surface area (Å²) < 4.78 is 2.06. The number of fused-ring (bicyclic) bond motifs is 1.